The molecular weight excluding hydrogens is 366 g/mol. The Bertz CT molecular complexity index is 961. The van der Waals surface area contributed by atoms with Crippen LogP contribution in [0.5, 0.6) is 0 Å². The highest BCUT2D eigenvalue weighted by Gasteiger charge is 2.18. The van der Waals surface area contributed by atoms with Gasteiger partial charge in [-0.2, -0.15) is 0 Å². The molecule has 0 saturated heterocycles. The Kier molecular flexibility index (Phi) is 6.67. The molecule has 1 amide bonds. The molecule has 142 valence electrons. The average Bonchev–Trinajstić information content (AvgIpc) is 2.72. The van der Waals surface area contributed by atoms with Crippen molar-refractivity contribution in [1.82, 2.24) is 5.32 Å². The smallest absolute Gasteiger partial charge is 0.252 e. The topological polar surface area (TPSA) is 29.1 Å². The standard InChI is InChI=1S/C25H24ClNO/c1-3-24(20-15-13-18(2)14-16-20)27-25(28)22(19-9-5-4-6-10-19)17-21-11-7-8-12-23(21)26/h4-17,24H,3H2,1-2H3,(H,27,28)/b22-17+. The number of carbonyl (C=O) groups excluding carboxylic acids is 1. The number of benzene rings is 3. The van der Waals surface area contributed by atoms with E-state index in [2.05, 4.69) is 43.4 Å². The highest BCUT2D eigenvalue weighted by atomic mass is 35.5. The molecule has 0 spiro atoms. The average molecular weight is 390 g/mol. The van der Waals surface area contributed by atoms with Crippen molar-refractivity contribution in [1.29, 1.82) is 0 Å². The first-order valence-electron chi connectivity index (χ1n) is 9.47. The van der Waals surface area contributed by atoms with Gasteiger partial charge in [-0.25, -0.2) is 0 Å². The first-order valence-corrected chi connectivity index (χ1v) is 9.85. The third kappa shape index (κ3) is 4.90. The van der Waals surface area contributed by atoms with Crippen molar-refractivity contribution >= 4 is 29.2 Å². The molecule has 0 aromatic heterocycles. The molecule has 1 atom stereocenters. The van der Waals surface area contributed by atoms with Gasteiger partial charge in [0.1, 0.15) is 0 Å². The number of hydrogen-bond acceptors (Lipinski definition) is 1. The van der Waals surface area contributed by atoms with Gasteiger partial charge in [0.05, 0.1) is 6.04 Å². The lowest BCUT2D eigenvalue weighted by Crippen LogP contribution is -2.29. The summed E-state index contributed by atoms with van der Waals surface area (Å²) in [7, 11) is 0. The fourth-order valence-corrected chi connectivity index (χ4v) is 3.29. The minimum Gasteiger partial charge on any atom is -0.345 e. The summed E-state index contributed by atoms with van der Waals surface area (Å²) in [5.41, 5.74) is 4.58. The van der Waals surface area contributed by atoms with E-state index in [1.165, 1.54) is 5.56 Å². The van der Waals surface area contributed by atoms with Gasteiger partial charge in [0.15, 0.2) is 0 Å². The summed E-state index contributed by atoms with van der Waals surface area (Å²) in [5, 5.41) is 3.81. The number of nitrogens with one attached hydrogen (secondary N) is 1. The van der Waals surface area contributed by atoms with E-state index in [9.17, 15) is 4.79 Å². The first-order chi connectivity index (χ1) is 13.6. The minimum absolute atomic E-state index is 0.0496. The summed E-state index contributed by atoms with van der Waals surface area (Å²) >= 11 is 6.33. The van der Waals surface area contributed by atoms with E-state index in [0.717, 1.165) is 23.1 Å². The molecule has 28 heavy (non-hydrogen) atoms. The van der Waals surface area contributed by atoms with E-state index < -0.39 is 0 Å². The maximum absolute atomic E-state index is 13.2. The number of halogens is 1. The van der Waals surface area contributed by atoms with Crippen molar-refractivity contribution in [2.45, 2.75) is 26.3 Å². The van der Waals surface area contributed by atoms with Crippen LogP contribution in [0.25, 0.3) is 11.6 Å². The summed E-state index contributed by atoms with van der Waals surface area (Å²) in [5.74, 6) is -0.112. The highest BCUT2D eigenvalue weighted by Crippen LogP contribution is 2.25. The van der Waals surface area contributed by atoms with Crippen LogP contribution >= 0.6 is 11.6 Å². The molecular formula is C25H24ClNO. The maximum atomic E-state index is 13.2. The van der Waals surface area contributed by atoms with Crippen molar-refractivity contribution in [2.75, 3.05) is 0 Å². The van der Waals surface area contributed by atoms with Crippen LogP contribution in [-0.2, 0) is 4.79 Å². The summed E-state index contributed by atoms with van der Waals surface area (Å²) < 4.78 is 0. The van der Waals surface area contributed by atoms with E-state index in [0.29, 0.717) is 10.6 Å². The predicted molar refractivity (Wildman–Crippen MR) is 118 cm³/mol. The quantitative estimate of drug-likeness (QED) is 0.380. The lowest BCUT2D eigenvalue weighted by Gasteiger charge is -2.19. The molecule has 0 radical (unpaired) electrons. The molecule has 0 aliphatic rings. The zero-order valence-electron chi connectivity index (χ0n) is 16.2. The van der Waals surface area contributed by atoms with E-state index in [-0.39, 0.29) is 11.9 Å². The summed E-state index contributed by atoms with van der Waals surface area (Å²) in [4.78, 5) is 13.2. The van der Waals surface area contributed by atoms with Crippen molar-refractivity contribution in [3.63, 3.8) is 0 Å². The van der Waals surface area contributed by atoms with Crippen LogP contribution in [0.3, 0.4) is 0 Å². The minimum atomic E-state index is -0.112. The number of hydrogen-bond donors (Lipinski definition) is 1. The molecule has 3 rings (SSSR count). The zero-order chi connectivity index (χ0) is 19.9. The summed E-state index contributed by atoms with van der Waals surface area (Å²) in [6.45, 7) is 4.13. The Balaban J connectivity index is 1.94. The van der Waals surface area contributed by atoms with Gasteiger partial charge in [-0.1, -0.05) is 96.9 Å². The van der Waals surface area contributed by atoms with E-state index in [1.54, 1.807) is 0 Å². The normalized spacial score (nSPS) is 12.5. The van der Waals surface area contributed by atoms with Crippen molar-refractivity contribution < 1.29 is 4.79 Å². The predicted octanol–water partition coefficient (Wildman–Crippen LogP) is 6.46. The first kappa shape index (κ1) is 19.9. The highest BCUT2D eigenvalue weighted by molar-refractivity contribution is 6.33. The van der Waals surface area contributed by atoms with Crippen LogP contribution < -0.4 is 5.32 Å². The van der Waals surface area contributed by atoms with Gasteiger partial charge in [-0.15, -0.1) is 0 Å². The lowest BCUT2D eigenvalue weighted by molar-refractivity contribution is -0.116. The van der Waals surface area contributed by atoms with Crippen molar-refractivity contribution in [2.24, 2.45) is 0 Å². The summed E-state index contributed by atoms with van der Waals surface area (Å²) in [6.07, 6.45) is 2.66. The van der Waals surface area contributed by atoms with Gasteiger partial charge in [-0.3, -0.25) is 4.79 Å². The Hall–Kier alpha value is -2.84. The maximum Gasteiger partial charge on any atom is 0.252 e. The van der Waals surface area contributed by atoms with Crippen molar-refractivity contribution in [3.05, 3.63) is 106 Å². The molecule has 1 N–H and O–H groups in total. The number of aryl methyl sites for hydroxylation is 1. The molecule has 0 aliphatic heterocycles. The fraction of sp³-hybridized carbons (Fsp3) is 0.160. The number of carbonyl (C=O) groups is 1. The molecule has 1 unspecified atom stereocenters. The Morgan fingerprint density at radius 1 is 0.964 bits per heavy atom. The van der Waals surface area contributed by atoms with Gasteiger partial charge in [0, 0.05) is 10.6 Å². The largest absolute Gasteiger partial charge is 0.345 e. The van der Waals surface area contributed by atoms with Crippen LogP contribution in [0.15, 0.2) is 78.9 Å². The second-order valence-electron chi connectivity index (χ2n) is 6.79. The van der Waals surface area contributed by atoms with Gasteiger partial charge in [-0.05, 0) is 42.2 Å². The van der Waals surface area contributed by atoms with Crippen LogP contribution in [0.1, 0.15) is 41.6 Å². The molecule has 3 heteroatoms. The van der Waals surface area contributed by atoms with E-state index in [1.807, 2.05) is 60.7 Å². The zero-order valence-corrected chi connectivity index (χ0v) is 16.9. The van der Waals surface area contributed by atoms with E-state index >= 15 is 0 Å². The number of amides is 1. The second kappa shape index (κ2) is 9.38. The molecule has 3 aromatic carbocycles. The fourth-order valence-electron chi connectivity index (χ4n) is 3.10. The molecule has 3 aromatic rings. The second-order valence-corrected chi connectivity index (χ2v) is 7.20. The third-order valence-electron chi connectivity index (χ3n) is 4.73. The Morgan fingerprint density at radius 3 is 2.25 bits per heavy atom. The Morgan fingerprint density at radius 2 is 1.61 bits per heavy atom. The molecule has 2 nitrogen and oxygen atoms in total. The van der Waals surface area contributed by atoms with Crippen LogP contribution in [0.4, 0.5) is 0 Å². The van der Waals surface area contributed by atoms with Crippen LogP contribution in [0.2, 0.25) is 5.02 Å². The molecule has 0 aliphatic carbocycles. The van der Waals surface area contributed by atoms with Crippen LogP contribution in [-0.4, -0.2) is 5.91 Å². The SMILES string of the molecule is CCC(NC(=O)/C(=C/c1ccccc1Cl)c1ccccc1)c1ccc(C)cc1. The Labute approximate surface area is 171 Å². The summed E-state index contributed by atoms with van der Waals surface area (Å²) in [6, 6.07) is 25.5. The number of rotatable bonds is 6. The molecule has 0 fully saturated rings. The lowest BCUT2D eigenvalue weighted by atomic mass is 9.99. The molecule has 0 heterocycles. The molecule has 0 saturated carbocycles. The van der Waals surface area contributed by atoms with Crippen molar-refractivity contribution in [3.8, 4) is 0 Å². The third-order valence-corrected chi connectivity index (χ3v) is 5.07. The van der Waals surface area contributed by atoms with Crippen LogP contribution in [0, 0.1) is 6.92 Å². The van der Waals surface area contributed by atoms with Gasteiger partial charge >= 0.3 is 0 Å². The monoisotopic (exact) mass is 389 g/mol. The molecule has 0 bridgehead atoms. The van der Waals surface area contributed by atoms with Gasteiger partial charge in [0.25, 0.3) is 5.91 Å². The van der Waals surface area contributed by atoms with Gasteiger partial charge < -0.3 is 5.32 Å². The van der Waals surface area contributed by atoms with E-state index in [4.69, 9.17) is 11.6 Å². The van der Waals surface area contributed by atoms with Gasteiger partial charge in [0.2, 0.25) is 0 Å².